The average Bonchev–Trinajstić information content (AvgIpc) is 2.81. The van der Waals surface area contributed by atoms with Crippen LogP contribution in [0.15, 0.2) is 41.2 Å². The Bertz CT molecular complexity index is 500. The minimum atomic E-state index is -0.991. The summed E-state index contributed by atoms with van der Waals surface area (Å²) in [6.07, 6.45) is 3.01. The van der Waals surface area contributed by atoms with Crippen molar-refractivity contribution in [3.05, 3.63) is 42.4 Å². The first-order chi connectivity index (χ1) is 7.72. The topological polar surface area (TPSA) is 59.7 Å². The summed E-state index contributed by atoms with van der Waals surface area (Å²) >= 11 is 0. The molecule has 0 atom stereocenters. The second kappa shape index (κ2) is 4.10. The number of carbonyl (C=O) groups is 1. The maximum Gasteiger partial charge on any atom is 0.336 e. The van der Waals surface area contributed by atoms with E-state index in [1.54, 1.807) is 18.2 Å². The standard InChI is InChI=1S/C12H10O4/c1-15-9-2-3-10(8-4-5-16-7-8)11(6-9)12(13)14/h2-7H,1H3,(H,13,14). The largest absolute Gasteiger partial charge is 0.497 e. The minimum absolute atomic E-state index is 0.195. The summed E-state index contributed by atoms with van der Waals surface area (Å²) < 4.78 is 9.93. The summed E-state index contributed by atoms with van der Waals surface area (Å²) in [4.78, 5) is 11.1. The van der Waals surface area contributed by atoms with Crippen LogP contribution in [0.2, 0.25) is 0 Å². The smallest absolute Gasteiger partial charge is 0.336 e. The Balaban J connectivity index is 2.57. The van der Waals surface area contributed by atoms with Gasteiger partial charge in [-0.3, -0.25) is 0 Å². The molecule has 0 saturated heterocycles. The van der Waals surface area contributed by atoms with Crippen molar-refractivity contribution in [3.63, 3.8) is 0 Å². The summed E-state index contributed by atoms with van der Waals surface area (Å²) in [7, 11) is 1.50. The van der Waals surface area contributed by atoms with E-state index in [0.29, 0.717) is 11.3 Å². The van der Waals surface area contributed by atoms with Crippen LogP contribution >= 0.6 is 0 Å². The van der Waals surface area contributed by atoms with Gasteiger partial charge in [-0.2, -0.15) is 0 Å². The van der Waals surface area contributed by atoms with E-state index < -0.39 is 5.97 Å². The molecular formula is C12H10O4. The van der Waals surface area contributed by atoms with E-state index in [1.807, 2.05) is 0 Å². The van der Waals surface area contributed by atoms with Crippen molar-refractivity contribution in [2.75, 3.05) is 7.11 Å². The summed E-state index contributed by atoms with van der Waals surface area (Å²) in [5, 5.41) is 9.10. The van der Waals surface area contributed by atoms with Crippen molar-refractivity contribution in [3.8, 4) is 16.9 Å². The van der Waals surface area contributed by atoms with E-state index in [9.17, 15) is 4.79 Å². The number of methoxy groups -OCH3 is 1. The maximum absolute atomic E-state index is 11.1. The molecule has 82 valence electrons. The molecule has 4 nitrogen and oxygen atoms in total. The lowest BCUT2D eigenvalue weighted by Crippen LogP contribution is -1.99. The van der Waals surface area contributed by atoms with E-state index in [2.05, 4.69) is 0 Å². The lowest BCUT2D eigenvalue weighted by molar-refractivity contribution is 0.0697. The molecule has 2 aromatic rings. The normalized spacial score (nSPS) is 10.1. The van der Waals surface area contributed by atoms with Crippen LogP contribution in [0.5, 0.6) is 5.75 Å². The van der Waals surface area contributed by atoms with Gasteiger partial charge in [0.2, 0.25) is 0 Å². The van der Waals surface area contributed by atoms with Crippen LogP contribution in [-0.2, 0) is 0 Å². The highest BCUT2D eigenvalue weighted by Gasteiger charge is 2.13. The quantitative estimate of drug-likeness (QED) is 0.860. The van der Waals surface area contributed by atoms with Crippen molar-refractivity contribution < 1.29 is 19.1 Å². The summed E-state index contributed by atoms with van der Waals surface area (Å²) in [5.41, 5.74) is 1.54. The van der Waals surface area contributed by atoms with Crippen LogP contribution < -0.4 is 4.74 Å². The van der Waals surface area contributed by atoms with Crippen molar-refractivity contribution in [1.82, 2.24) is 0 Å². The second-order valence-electron chi connectivity index (χ2n) is 3.23. The number of hydrogen-bond donors (Lipinski definition) is 1. The molecule has 1 N–H and O–H groups in total. The highest BCUT2D eigenvalue weighted by molar-refractivity contribution is 5.96. The predicted octanol–water partition coefficient (Wildman–Crippen LogP) is 2.65. The molecule has 0 aliphatic heterocycles. The number of furan rings is 1. The van der Waals surface area contributed by atoms with Crippen molar-refractivity contribution in [2.24, 2.45) is 0 Å². The number of rotatable bonds is 3. The molecule has 0 aliphatic rings. The molecule has 0 bridgehead atoms. The fourth-order valence-corrected chi connectivity index (χ4v) is 1.50. The third-order valence-corrected chi connectivity index (χ3v) is 2.29. The number of hydrogen-bond acceptors (Lipinski definition) is 3. The van der Waals surface area contributed by atoms with Crippen molar-refractivity contribution in [2.45, 2.75) is 0 Å². The molecule has 0 unspecified atom stereocenters. The monoisotopic (exact) mass is 218 g/mol. The Hall–Kier alpha value is -2.23. The van der Waals surface area contributed by atoms with Crippen LogP contribution in [0.25, 0.3) is 11.1 Å². The maximum atomic E-state index is 11.1. The third-order valence-electron chi connectivity index (χ3n) is 2.29. The lowest BCUT2D eigenvalue weighted by Gasteiger charge is -2.06. The van der Waals surface area contributed by atoms with Gasteiger partial charge in [-0.05, 0) is 29.8 Å². The summed E-state index contributed by atoms with van der Waals surface area (Å²) in [6.45, 7) is 0. The number of aromatic carboxylic acids is 1. The SMILES string of the molecule is COc1ccc(-c2ccoc2)c(C(=O)O)c1. The third kappa shape index (κ3) is 1.77. The van der Waals surface area contributed by atoms with Gasteiger partial charge in [0.05, 0.1) is 25.2 Å². The molecule has 0 fully saturated rings. The van der Waals surface area contributed by atoms with Crippen LogP contribution in [-0.4, -0.2) is 18.2 Å². The molecule has 1 aromatic heterocycles. The molecule has 2 rings (SSSR count). The van der Waals surface area contributed by atoms with Gasteiger partial charge < -0.3 is 14.3 Å². The molecule has 0 radical (unpaired) electrons. The second-order valence-corrected chi connectivity index (χ2v) is 3.23. The number of ether oxygens (including phenoxy) is 1. The zero-order valence-corrected chi connectivity index (χ0v) is 8.64. The van der Waals surface area contributed by atoms with Gasteiger partial charge in [-0.1, -0.05) is 0 Å². The Kier molecular flexibility index (Phi) is 2.64. The molecule has 0 aliphatic carbocycles. The molecule has 1 aromatic carbocycles. The molecule has 0 saturated carbocycles. The average molecular weight is 218 g/mol. The fourth-order valence-electron chi connectivity index (χ4n) is 1.50. The highest BCUT2D eigenvalue weighted by atomic mass is 16.5. The van der Waals surface area contributed by atoms with Gasteiger partial charge in [-0.15, -0.1) is 0 Å². The molecule has 16 heavy (non-hydrogen) atoms. The van der Waals surface area contributed by atoms with E-state index in [1.165, 1.54) is 25.7 Å². The minimum Gasteiger partial charge on any atom is -0.497 e. The number of carboxylic acid groups (broad SMARTS) is 1. The lowest BCUT2D eigenvalue weighted by atomic mass is 10.0. The van der Waals surface area contributed by atoms with E-state index in [4.69, 9.17) is 14.3 Å². The summed E-state index contributed by atoms with van der Waals surface area (Å²) in [5.74, 6) is -0.472. The van der Waals surface area contributed by atoms with Gasteiger partial charge in [0, 0.05) is 5.56 Å². The first-order valence-electron chi connectivity index (χ1n) is 4.66. The van der Waals surface area contributed by atoms with Crippen LogP contribution in [0.1, 0.15) is 10.4 Å². The van der Waals surface area contributed by atoms with Gasteiger partial charge in [0.1, 0.15) is 5.75 Å². The molecule has 0 spiro atoms. The fraction of sp³-hybridized carbons (Fsp3) is 0.0833. The Morgan fingerprint density at radius 1 is 1.38 bits per heavy atom. The van der Waals surface area contributed by atoms with E-state index in [-0.39, 0.29) is 5.56 Å². The number of benzene rings is 1. The molecule has 4 heteroatoms. The van der Waals surface area contributed by atoms with Crippen molar-refractivity contribution >= 4 is 5.97 Å². The molecule has 1 heterocycles. The molecule has 0 amide bonds. The zero-order valence-electron chi connectivity index (χ0n) is 8.64. The first kappa shape index (κ1) is 10.3. The number of carboxylic acids is 1. The van der Waals surface area contributed by atoms with Crippen molar-refractivity contribution in [1.29, 1.82) is 0 Å². The Morgan fingerprint density at radius 2 is 2.19 bits per heavy atom. The van der Waals surface area contributed by atoms with Gasteiger partial charge in [-0.25, -0.2) is 4.79 Å². The Morgan fingerprint density at radius 3 is 2.75 bits per heavy atom. The van der Waals surface area contributed by atoms with E-state index in [0.717, 1.165) is 5.56 Å². The first-order valence-corrected chi connectivity index (χ1v) is 4.66. The zero-order chi connectivity index (χ0) is 11.5. The summed E-state index contributed by atoms with van der Waals surface area (Å²) in [6, 6.07) is 6.63. The predicted molar refractivity (Wildman–Crippen MR) is 57.7 cm³/mol. The van der Waals surface area contributed by atoms with E-state index >= 15 is 0 Å². The van der Waals surface area contributed by atoms with Crippen LogP contribution in [0.4, 0.5) is 0 Å². The van der Waals surface area contributed by atoms with Crippen LogP contribution in [0.3, 0.4) is 0 Å². The van der Waals surface area contributed by atoms with Gasteiger partial charge >= 0.3 is 5.97 Å². The van der Waals surface area contributed by atoms with Gasteiger partial charge in [0.25, 0.3) is 0 Å². The highest BCUT2D eigenvalue weighted by Crippen LogP contribution is 2.27. The molecular weight excluding hydrogens is 208 g/mol. The van der Waals surface area contributed by atoms with Gasteiger partial charge in [0.15, 0.2) is 0 Å². The Labute approximate surface area is 92.1 Å². The van der Waals surface area contributed by atoms with Crippen LogP contribution in [0, 0.1) is 0 Å².